The molecule has 142 valence electrons. The summed E-state index contributed by atoms with van der Waals surface area (Å²) in [5.41, 5.74) is 1.50. The molecule has 9 nitrogen and oxygen atoms in total. The van der Waals surface area contributed by atoms with E-state index < -0.39 is 5.91 Å². The van der Waals surface area contributed by atoms with Crippen molar-refractivity contribution in [2.75, 3.05) is 12.1 Å². The number of nitrogens with one attached hydrogen (secondary N) is 2. The van der Waals surface area contributed by atoms with Crippen LogP contribution in [0.2, 0.25) is 0 Å². The molecular weight excluding hydrogens is 364 g/mol. The summed E-state index contributed by atoms with van der Waals surface area (Å²) >= 11 is 0. The van der Waals surface area contributed by atoms with Gasteiger partial charge in [-0.25, -0.2) is 0 Å². The number of ether oxygens (including phenoxy) is 2. The van der Waals surface area contributed by atoms with E-state index in [0.29, 0.717) is 17.2 Å². The molecule has 0 saturated heterocycles. The number of benzene rings is 2. The molecular formula is C19H16N4O5. The Balaban J connectivity index is 1.31. The number of hydrogen-bond donors (Lipinski definition) is 2. The normalized spacial score (nSPS) is 11.9. The fourth-order valence-electron chi connectivity index (χ4n) is 2.60. The number of aromatic nitrogens is 2. The molecule has 2 amide bonds. The van der Waals surface area contributed by atoms with Gasteiger partial charge in [0.2, 0.25) is 12.7 Å². The fourth-order valence-corrected chi connectivity index (χ4v) is 2.60. The Kier molecular flexibility index (Phi) is 4.87. The average Bonchev–Trinajstić information content (AvgIpc) is 3.35. The second kappa shape index (κ2) is 7.78. The van der Waals surface area contributed by atoms with E-state index in [1.165, 1.54) is 0 Å². The van der Waals surface area contributed by atoms with E-state index in [1.54, 1.807) is 24.3 Å². The number of nitrogens with zero attached hydrogens (tertiary/aromatic N) is 2. The summed E-state index contributed by atoms with van der Waals surface area (Å²) in [7, 11) is 0. The van der Waals surface area contributed by atoms with E-state index in [9.17, 15) is 9.59 Å². The Labute approximate surface area is 159 Å². The monoisotopic (exact) mass is 380 g/mol. The quantitative estimate of drug-likeness (QED) is 0.671. The van der Waals surface area contributed by atoms with Gasteiger partial charge >= 0.3 is 11.8 Å². The van der Waals surface area contributed by atoms with E-state index >= 15 is 0 Å². The molecule has 0 spiro atoms. The van der Waals surface area contributed by atoms with Crippen LogP contribution in [0, 0.1) is 0 Å². The number of fused-ring (bicyclic) bond motifs is 1. The molecule has 28 heavy (non-hydrogen) atoms. The van der Waals surface area contributed by atoms with Crippen molar-refractivity contribution >= 4 is 17.5 Å². The van der Waals surface area contributed by atoms with Crippen molar-refractivity contribution < 1.29 is 23.6 Å². The molecule has 2 aromatic carbocycles. The van der Waals surface area contributed by atoms with Crippen molar-refractivity contribution in [3.63, 3.8) is 0 Å². The van der Waals surface area contributed by atoms with Crippen LogP contribution in [0.4, 0.5) is 5.69 Å². The fraction of sp³-hybridized carbons (Fsp3) is 0.158. The molecule has 2 heterocycles. The second-order valence-electron chi connectivity index (χ2n) is 5.98. The van der Waals surface area contributed by atoms with Gasteiger partial charge in [-0.3, -0.25) is 9.59 Å². The molecule has 1 aromatic heterocycles. The molecule has 0 aliphatic carbocycles. The first-order chi connectivity index (χ1) is 13.7. The number of carbonyl (C=O) groups excluding carboxylic acids is 2. The lowest BCUT2D eigenvalue weighted by atomic mass is 10.2. The first kappa shape index (κ1) is 17.5. The lowest BCUT2D eigenvalue weighted by Crippen LogP contribution is -2.23. The van der Waals surface area contributed by atoms with Gasteiger partial charge in [-0.2, -0.15) is 4.98 Å². The predicted molar refractivity (Wildman–Crippen MR) is 96.8 cm³/mol. The Morgan fingerprint density at radius 1 is 1.04 bits per heavy atom. The molecule has 4 rings (SSSR count). The number of anilines is 1. The number of rotatable bonds is 6. The molecule has 2 N–H and O–H groups in total. The van der Waals surface area contributed by atoms with Crippen molar-refractivity contribution in [1.29, 1.82) is 0 Å². The highest BCUT2D eigenvalue weighted by Gasteiger charge is 2.18. The summed E-state index contributed by atoms with van der Waals surface area (Å²) in [6.45, 7) is 0.440. The highest BCUT2D eigenvalue weighted by Crippen LogP contribution is 2.32. The number of para-hydroxylation sites is 1. The Morgan fingerprint density at radius 3 is 2.71 bits per heavy atom. The van der Waals surface area contributed by atoms with Gasteiger partial charge in [0.25, 0.3) is 0 Å². The zero-order chi connectivity index (χ0) is 19.3. The smallest absolute Gasteiger partial charge is 0.315 e. The van der Waals surface area contributed by atoms with Gasteiger partial charge in [0.15, 0.2) is 17.3 Å². The van der Waals surface area contributed by atoms with E-state index in [0.717, 1.165) is 5.56 Å². The van der Waals surface area contributed by atoms with E-state index in [1.807, 2.05) is 24.3 Å². The number of carbonyl (C=O) groups is 2. The van der Waals surface area contributed by atoms with Crippen LogP contribution in [0.15, 0.2) is 53.1 Å². The third kappa shape index (κ3) is 4.09. The Hall–Kier alpha value is -3.88. The molecule has 3 aromatic rings. The van der Waals surface area contributed by atoms with Crippen LogP contribution in [0.25, 0.3) is 0 Å². The molecule has 9 heteroatoms. The minimum Gasteiger partial charge on any atom is -0.454 e. The zero-order valence-electron chi connectivity index (χ0n) is 14.7. The van der Waals surface area contributed by atoms with Gasteiger partial charge < -0.3 is 24.6 Å². The number of amides is 2. The van der Waals surface area contributed by atoms with Crippen LogP contribution in [-0.4, -0.2) is 28.7 Å². The molecule has 0 atom stereocenters. The van der Waals surface area contributed by atoms with Crippen molar-refractivity contribution in [1.82, 2.24) is 15.5 Å². The van der Waals surface area contributed by atoms with Crippen LogP contribution in [0.3, 0.4) is 0 Å². The van der Waals surface area contributed by atoms with E-state index in [-0.39, 0.29) is 37.4 Å². The molecule has 0 radical (unpaired) electrons. The van der Waals surface area contributed by atoms with Crippen LogP contribution in [0.5, 0.6) is 11.5 Å². The standard InChI is InChI=1S/C19H16N4O5/c24-17(21-13-4-2-1-3-5-13)9-16-22-19(28-23-16)18(25)20-10-12-6-7-14-15(8-12)27-11-26-14/h1-8H,9-11H2,(H,20,25)(H,21,24). The molecule has 0 unspecified atom stereocenters. The molecule has 0 saturated carbocycles. The van der Waals surface area contributed by atoms with Crippen molar-refractivity contribution in [2.24, 2.45) is 0 Å². The van der Waals surface area contributed by atoms with Crippen molar-refractivity contribution in [2.45, 2.75) is 13.0 Å². The minimum absolute atomic E-state index is 0.103. The molecule has 1 aliphatic heterocycles. The summed E-state index contributed by atoms with van der Waals surface area (Å²) in [6.07, 6.45) is -0.103. The van der Waals surface area contributed by atoms with E-state index in [2.05, 4.69) is 20.8 Å². The first-order valence-corrected chi connectivity index (χ1v) is 8.51. The van der Waals surface area contributed by atoms with Crippen molar-refractivity contribution in [3.8, 4) is 11.5 Å². The van der Waals surface area contributed by atoms with Gasteiger partial charge in [-0.05, 0) is 29.8 Å². The van der Waals surface area contributed by atoms with Crippen molar-refractivity contribution in [3.05, 3.63) is 65.8 Å². The maximum absolute atomic E-state index is 12.2. The van der Waals surface area contributed by atoms with E-state index in [4.69, 9.17) is 14.0 Å². The lowest BCUT2D eigenvalue weighted by Gasteiger charge is -2.04. The summed E-state index contributed by atoms with van der Waals surface area (Å²) in [5, 5.41) is 9.07. The first-order valence-electron chi connectivity index (χ1n) is 8.51. The highest BCUT2D eigenvalue weighted by atomic mass is 16.7. The summed E-state index contributed by atoms with van der Waals surface area (Å²) in [4.78, 5) is 28.2. The van der Waals surface area contributed by atoms with Crippen LogP contribution in [0.1, 0.15) is 22.1 Å². The zero-order valence-corrected chi connectivity index (χ0v) is 14.7. The Bertz CT molecular complexity index is 1000. The third-order valence-corrected chi connectivity index (χ3v) is 3.93. The molecule has 0 bridgehead atoms. The maximum atomic E-state index is 12.2. The lowest BCUT2D eigenvalue weighted by molar-refractivity contribution is -0.115. The SMILES string of the molecule is O=C(Cc1noc(C(=O)NCc2ccc3c(c2)OCO3)n1)Nc1ccccc1. The van der Waals surface area contributed by atoms with Gasteiger partial charge in [0.05, 0.1) is 6.42 Å². The predicted octanol–water partition coefficient (Wildman–Crippen LogP) is 1.91. The second-order valence-corrected chi connectivity index (χ2v) is 5.98. The third-order valence-electron chi connectivity index (χ3n) is 3.93. The van der Waals surface area contributed by atoms with Crippen LogP contribution >= 0.6 is 0 Å². The Morgan fingerprint density at radius 2 is 1.86 bits per heavy atom. The minimum atomic E-state index is -0.528. The average molecular weight is 380 g/mol. The van der Waals surface area contributed by atoms with Gasteiger partial charge in [0, 0.05) is 12.2 Å². The van der Waals surface area contributed by atoms with Crippen LogP contribution in [-0.2, 0) is 17.8 Å². The van der Waals surface area contributed by atoms with Gasteiger partial charge in [-0.1, -0.05) is 29.4 Å². The molecule has 0 fully saturated rings. The topological polar surface area (TPSA) is 116 Å². The molecule has 1 aliphatic rings. The van der Waals surface area contributed by atoms with Crippen LogP contribution < -0.4 is 20.1 Å². The maximum Gasteiger partial charge on any atom is 0.315 e. The summed E-state index contributed by atoms with van der Waals surface area (Å²) < 4.78 is 15.5. The van der Waals surface area contributed by atoms with Gasteiger partial charge in [-0.15, -0.1) is 0 Å². The largest absolute Gasteiger partial charge is 0.454 e. The highest BCUT2D eigenvalue weighted by molar-refractivity contribution is 5.92. The summed E-state index contributed by atoms with van der Waals surface area (Å²) in [5.74, 6) is 0.394. The summed E-state index contributed by atoms with van der Waals surface area (Å²) in [6, 6.07) is 14.4. The van der Waals surface area contributed by atoms with Gasteiger partial charge in [0.1, 0.15) is 0 Å². The number of hydrogen-bond acceptors (Lipinski definition) is 7.